The van der Waals surface area contributed by atoms with E-state index in [2.05, 4.69) is 15.3 Å². The number of nitrogens with one attached hydrogen (secondary N) is 1. The number of likely N-dealkylation sites (N-methyl/N-ethyl adjacent to an activating group) is 1. The first kappa shape index (κ1) is 24.4. The van der Waals surface area contributed by atoms with Crippen LogP contribution in [0.4, 0.5) is 20.6 Å². The minimum Gasteiger partial charge on any atom is -0.444 e. The second-order valence-corrected chi connectivity index (χ2v) is 9.35. The first-order chi connectivity index (χ1) is 15.6. The summed E-state index contributed by atoms with van der Waals surface area (Å²) in [7, 11) is 1.97. The maximum atomic E-state index is 14.6. The molecule has 0 spiro atoms. The third-order valence-corrected chi connectivity index (χ3v) is 5.41. The predicted molar refractivity (Wildman–Crippen MR) is 125 cm³/mol. The Morgan fingerprint density at radius 1 is 1.33 bits per heavy atom. The van der Waals surface area contributed by atoms with E-state index in [-0.39, 0.29) is 17.8 Å². The molecule has 1 unspecified atom stereocenters. The Bertz CT molecular complexity index is 977. The Hall–Kier alpha value is -3.20. The van der Waals surface area contributed by atoms with E-state index in [1.54, 1.807) is 35.4 Å². The van der Waals surface area contributed by atoms with E-state index in [0.29, 0.717) is 31.7 Å². The maximum absolute atomic E-state index is 14.6. The van der Waals surface area contributed by atoms with E-state index in [1.807, 2.05) is 34.7 Å². The fourth-order valence-electron chi connectivity index (χ4n) is 3.67. The van der Waals surface area contributed by atoms with Gasteiger partial charge in [-0.3, -0.25) is 20.1 Å². The van der Waals surface area contributed by atoms with Crippen molar-refractivity contribution in [2.75, 3.05) is 30.6 Å². The van der Waals surface area contributed by atoms with Crippen LogP contribution in [0.1, 0.15) is 38.4 Å². The van der Waals surface area contributed by atoms with Crippen molar-refractivity contribution in [2.45, 2.75) is 52.3 Å². The molecule has 178 valence electrons. The Balaban J connectivity index is 1.66. The smallest absolute Gasteiger partial charge is 0.410 e. The Morgan fingerprint density at radius 3 is 2.73 bits per heavy atom. The molecule has 2 heterocycles. The van der Waals surface area contributed by atoms with Gasteiger partial charge in [0.25, 0.3) is 0 Å². The molecular formula is C24H32FN5O3. The Morgan fingerprint density at radius 2 is 2.09 bits per heavy atom. The summed E-state index contributed by atoms with van der Waals surface area (Å²) in [5, 5.41) is 1.10. The highest BCUT2D eigenvalue weighted by atomic mass is 19.1. The summed E-state index contributed by atoms with van der Waals surface area (Å²) in [4.78, 5) is 32.1. The van der Waals surface area contributed by atoms with Crippen LogP contribution in [-0.2, 0) is 16.1 Å². The summed E-state index contributed by atoms with van der Waals surface area (Å²) in [6.07, 6.45) is 2.63. The lowest BCUT2D eigenvalue weighted by molar-refractivity contribution is -0.107. The number of likely N-dealkylation sites (tertiary alicyclic amines) is 1. The van der Waals surface area contributed by atoms with Crippen molar-refractivity contribution < 1.29 is 18.7 Å². The SMILES string of the molecule is Cc1ccc(NN(C=O)c2cc(CN(C)C3CCN(C(=O)OC(C)(C)C)C3)ccc2F)cn1. The van der Waals surface area contributed by atoms with Gasteiger partial charge in [0, 0.05) is 31.4 Å². The molecule has 9 heteroatoms. The Kier molecular flexibility index (Phi) is 7.53. The van der Waals surface area contributed by atoms with Gasteiger partial charge in [-0.05, 0) is 71.0 Å². The van der Waals surface area contributed by atoms with Crippen molar-refractivity contribution in [3.8, 4) is 0 Å². The number of halogens is 1. The van der Waals surface area contributed by atoms with Crippen molar-refractivity contribution in [2.24, 2.45) is 0 Å². The normalized spacial score (nSPS) is 16.1. The van der Waals surface area contributed by atoms with Crippen LogP contribution in [0.2, 0.25) is 0 Å². The van der Waals surface area contributed by atoms with Gasteiger partial charge in [0.05, 0.1) is 11.9 Å². The summed E-state index contributed by atoms with van der Waals surface area (Å²) in [5.41, 5.74) is 4.73. The molecule has 1 fully saturated rings. The summed E-state index contributed by atoms with van der Waals surface area (Å²) in [6.45, 7) is 9.15. The van der Waals surface area contributed by atoms with Gasteiger partial charge in [0.15, 0.2) is 0 Å². The molecule has 1 saturated heterocycles. The van der Waals surface area contributed by atoms with Gasteiger partial charge in [0.1, 0.15) is 17.1 Å². The largest absolute Gasteiger partial charge is 0.444 e. The highest BCUT2D eigenvalue weighted by Crippen LogP contribution is 2.24. The van der Waals surface area contributed by atoms with Gasteiger partial charge >= 0.3 is 6.09 Å². The van der Waals surface area contributed by atoms with Crippen LogP contribution in [0.15, 0.2) is 36.5 Å². The van der Waals surface area contributed by atoms with Gasteiger partial charge in [-0.25, -0.2) is 14.2 Å². The van der Waals surface area contributed by atoms with E-state index in [1.165, 1.54) is 6.07 Å². The standard InChI is InChI=1S/C24H32FN5O3/c1-17-6-8-19(13-26-17)27-30(16-31)22-12-18(7-9-21(22)25)14-28(5)20-10-11-29(15-20)23(32)33-24(2,3)4/h6-9,12-13,16,20,27H,10-11,14-15H2,1-5H3. The molecule has 1 aromatic heterocycles. The highest BCUT2D eigenvalue weighted by molar-refractivity contribution is 5.79. The van der Waals surface area contributed by atoms with Crippen molar-refractivity contribution in [1.29, 1.82) is 0 Å². The second kappa shape index (κ2) is 10.2. The minimum absolute atomic E-state index is 0.123. The molecule has 1 aromatic carbocycles. The van der Waals surface area contributed by atoms with Crippen LogP contribution in [0.25, 0.3) is 0 Å². The molecule has 1 atom stereocenters. The van der Waals surface area contributed by atoms with Crippen molar-refractivity contribution in [3.63, 3.8) is 0 Å². The molecule has 0 saturated carbocycles. The summed E-state index contributed by atoms with van der Waals surface area (Å²) >= 11 is 0. The van der Waals surface area contributed by atoms with E-state index >= 15 is 0 Å². The lowest BCUT2D eigenvalue weighted by Crippen LogP contribution is -2.38. The molecule has 33 heavy (non-hydrogen) atoms. The third kappa shape index (κ3) is 6.64. The molecule has 0 bridgehead atoms. The molecule has 1 aliphatic heterocycles. The van der Waals surface area contributed by atoms with E-state index in [9.17, 15) is 14.0 Å². The zero-order valence-corrected chi connectivity index (χ0v) is 19.8. The molecule has 8 nitrogen and oxygen atoms in total. The van der Waals surface area contributed by atoms with E-state index in [0.717, 1.165) is 22.7 Å². The third-order valence-electron chi connectivity index (χ3n) is 5.41. The number of pyridine rings is 1. The number of amides is 2. The zero-order valence-electron chi connectivity index (χ0n) is 19.8. The highest BCUT2D eigenvalue weighted by Gasteiger charge is 2.31. The van der Waals surface area contributed by atoms with E-state index in [4.69, 9.17) is 4.74 Å². The lowest BCUT2D eigenvalue weighted by atomic mass is 10.1. The van der Waals surface area contributed by atoms with Crippen LogP contribution < -0.4 is 10.4 Å². The molecule has 1 aliphatic rings. The maximum Gasteiger partial charge on any atom is 0.410 e. The number of hydrazine groups is 1. The van der Waals surface area contributed by atoms with Crippen LogP contribution in [0.5, 0.6) is 0 Å². The van der Waals surface area contributed by atoms with Crippen LogP contribution >= 0.6 is 0 Å². The minimum atomic E-state index is -0.529. The molecule has 2 amide bonds. The molecule has 1 N–H and O–H groups in total. The quantitative estimate of drug-likeness (QED) is 0.501. The topological polar surface area (TPSA) is 78.0 Å². The fraction of sp³-hybridized carbons (Fsp3) is 0.458. The van der Waals surface area contributed by atoms with Gasteiger partial charge in [-0.2, -0.15) is 0 Å². The zero-order chi connectivity index (χ0) is 24.2. The van der Waals surface area contributed by atoms with Crippen LogP contribution in [0, 0.1) is 12.7 Å². The number of benzene rings is 1. The van der Waals surface area contributed by atoms with Crippen LogP contribution in [0.3, 0.4) is 0 Å². The number of hydrogen-bond donors (Lipinski definition) is 1. The number of rotatable bonds is 7. The van der Waals surface area contributed by atoms with Crippen LogP contribution in [-0.4, -0.2) is 59.1 Å². The fourth-order valence-corrected chi connectivity index (χ4v) is 3.67. The molecule has 3 rings (SSSR count). The number of aryl methyl sites for hydroxylation is 1. The number of carbonyl (C=O) groups excluding carboxylic acids is 2. The van der Waals surface area contributed by atoms with Crippen molar-refractivity contribution in [3.05, 3.63) is 53.6 Å². The number of hydrogen-bond acceptors (Lipinski definition) is 6. The van der Waals surface area contributed by atoms with Crippen molar-refractivity contribution in [1.82, 2.24) is 14.8 Å². The van der Waals surface area contributed by atoms with E-state index < -0.39 is 11.4 Å². The predicted octanol–water partition coefficient (Wildman–Crippen LogP) is 3.96. The van der Waals surface area contributed by atoms with Gasteiger partial charge in [-0.15, -0.1) is 0 Å². The number of aromatic nitrogens is 1. The summed E-state index contributed by atoms with van der Waals surface area (Å²) in [6, 6.07) is 8.43. The van der Waals surface area contributed by atoms with Gasteiger partial charge in [-0.1, -0.05) is 6.07 Å². The second-order valence-electron chi connectivity index (χ2n) is 9.35. The molecule has 2 aromatic rings. The number of ether oxygens (including phenoxy) is 1. The molecule has 0 radical (unpaired) electrons. The number of anilines is 2. The monoisotopic (exact) mass is 457 g/mol. The first-order valence-electron chi connectivity index (χ1n) is 11.0. The summed E-state index contributed by atoms with van der Waals surface area (Å²) < 4.78 is 20.0. The summed E-state index contributed by atoms with van der Waals surface area (Å²) in [5.74, 6) is -0.516. The van der Waals surface area contributed by atoms with Crippen molar-refractivity contribution >= 4 is 23.9 Å². The Labute approximate surface area is 194 Å². The molecular weight excluding hydrogens is 425 g/mol. The average Bonchev–Trinajstić information content (AvgIpc) is 3.24. The molecule has 0 aliphatic carbocycles. The average molecular weight is 458 g/mol. The lowest BCUT2D eigenvalue weighted by Gasteiger charge is -2.27. The number of carbonyl (C=O) groups is 2. The number of nitrogens with zero attached hydrogens (tertiary/aromatic N) is 4. The van der Waals surface area contributed by atoms with Gasteiger partial charge < -0.3 is 9.64 Å². The first-order valence-corrected chi connectivity index (χ1v) is 11.0. The van der Waals surface area contributed by atoms with Gasteiger partial charge in [0.2, 0.25) is 6.41 Å².